The highest BCUT2D eigenvalue weighted by molar-refractivity contribution is 7.09. The molecule has 1 aromatic heterocycles. The first-order chi connectivity index (χ1) is 12.0. The smallest absolute Gasteiger partial charge is 0.357 e. The van der Waals surface area contributed by atoms with Gasteiger partial charge in [0.2, 0.25) is 0 Å². The van der Waals surface area contributed by atoms with E-state index >= 15 is 0 Å². The number of carbonyl (C=O) groups excluding carboxylic acids is 2. The number of amides is 2. The van der Waals surface area contributed by atoms with E-state index in [1.165, 1.54) is 48.7 Å². The van der Waals surface area contributed by atoms with Crippen LogP contribution >= 0.6 is 11.3 Å². The zero-order valence-electron chi connectivity index (χ0n) is 13.8. The molecule has 2 amide bonds. The topological polar surface area (TPSA) is 80.8 Å². The Hall–Kier alpha value is -2.52. The molecule has 7 nitrogen and oxygen atoms in total. The fourth-order valence-electron chi connectivity index (χ4n) is 1.96. The predicted octanol–water partition coefficient (Wildman–Crippen LogP) is 2.75. The first-order valence-electron chi connectivity index (χ1n) is 7.37. The molecule has 1 aromatic carbocycles. The second-order valence-electron chi connectivity index (χ2n) is 4.94. The van der Waals surface area contributed by atoms with E-state index in [-0.39, 0.29) is 24.5 Å². The lowest BCUT2D eigenvalue weighted by Crippen LogP contribution is -2.37. The number of thiazole rings is 1. The van der Waals surface area contributed by atoms with Gasteiger partial charge in [-0.05, 0) is 12.1 Å². The van der Waals surface area contributed by atoms with Crippen LogP contribution in [0.2, 0.25) is 0 Å². The third kappa shape index (κ3) is 5.23. The molecule has 25 heavy (non-hydrogen) atoms. The molecule has 0 spiro atoms. The minimum Gasteiger partial charge on any atom is -0.464 e. The number of aromatic nitrogens is 1. The van der Waals surface area contributed by atoms with E-state index in [4.69, 9.17) is 4.74 Å². The van der Waals surface area contributed by atoms with Gasteiger partial charge in [0.1, 0.15) is 10.8 Å². The van der Waals surface area contributed by atoms with Gasteiger partial charge in [0.05, 0.1) is 25.9 Å². The molecule has 0 saturated carbocycles. The Morgan fingerprint density at radius 3 is 2.76 bits per heavy atom. The third-order valence-electron chi connectivity index (χ3n) is 3.24. The van der Waals surface area contributed by atoms with Gasteiger partial charge < -0.3 is 19.7 Å². The van der Waals surface area contributed by atoms with E-state index in [2.05, 4.69) is 15.0 Å². The summed E-state index contributed by atoms with van der Waals surface area (Å²) in [5.74, 6) is -1.06. The molecule has 2 aromatic rings. The number of para-hydroxylation sites is 1. The zero-order valence-corrected chi connectivity index (χ0v) is 14.6. The number of hydrogen-bond donors (Lipinski definition) is 1. The number of ether oxygens (including phenoxy) is 2. The molecule has 0 bridgehead atoms. The average molecular weight is 367 g/mol. The molecule has 0 aliphatic heterocycles. The highest BCUT2D eigenvalue weighted by Crippen LogP contribution is 2.16. The summed E-state index contributed by atoms with van der Waals surface area (Å²) in [7, 11) is 2.79. The molecular formula is C16H18FN3O4S. The minimum atomic E-state index is -0.540. The summed E-state index contributed by atoms with van der Waals surface area (Å²) in [5.41, 5.74) is 0.271. The maximum Gasteiger partial charge on any atom is 0.357 e. The van der Waals surface area contributed by atoms with Crippen molar-refractivity contribution in [1.82, 2.24) is 9.88 Å². The van der Waals surface area contributed by atoms with Gasteiger partial charge in [-0.25, -0.2) is 19.0 Å². The van der Waals surface area contributed by atoms with Crippen LogP contribution in [0.4, 0.5) is 14.9 Å². The Balaban J connectivity index is 2.09. The number of nitrogens with zero attached hydrogens (tertiary/aromatic N) is 2. The van der Waals surface area contributed by atoms with E-state index < -0.39 is 17.8 Å². The van der Waals surface area contributed by atoms with Crippen LogP contribution in [0.15, 0.2) is 29.6 Å². The fraction of sp³-hybridized carbons (Fsp3) is 0.312. The van der Waals surface area contributed by atoms with Gasteiger partial charge in [0.15, 0.2) is 5.69 Å². The Labute approximate surface area is 148 Å². The number of rotatable bonds is 7. The maximum atomic E-state index is 13.7. The van der Waals surface area contributed by atoms with Crippen molar-refractivity contribution in [3.8, 4) is 0 Å². The monoisotopic (exact) mass is 367 g/mol. The summed E-state index contributed by atoms with van der Waals surface area (Å²) in [4.78, 5) is 29.5. The SMILES string of the molecule is COCCN(Cc1nc(C(=O)OC)cs1)C(=O)Nc1ccccc1F. The standard InChI is InChI=1S/C16H18FN3O4S/c1-23-8-7-20(9-14-18-13(10-25-14)15(21)24-2)16(22)19-12-6-4-3-5-11(12)17/h3-6,10H,7-9H2,1-2H3,(H,19,22). The molecule has 9 heteroatoms. The highest BCUT2D eigenvalue weighted by Gasteiger charge is 2.18. The summed E-state index contributed by atoms with van der Waals surface area (Å²) >= 11 is 1.23. The zero-order chi connectivity index (χ0) is 18.2. The number of benzene rings is 1. The Bertz CT molecular complexity index is 738. The van der Waals surface area contributed by atoms with E-state index in [1.807, 2.05) is 0 Å². The molecule has 0 radical (unpaired) electrons. The van der Waals surface area contributed by atoms with Crippen LogP contribution in [0.25, 0.3) is 0 Å². The molecule has 0 aliphatic rings. The molecule has 0 unspecified atom stereocenters. The summed E-state index contributed by atoms with van der Waals surface area (Å²) < 4.78 is 23.3. The van der Waals surface area contributed by atoms with Crippen LogP contribution in [-0.2, 0) is 16.0 Å². The van der Waals surface area contributed by atoms with Gasteiger partial charge in [-0.2, -0.15) is 0 Å². The largest absolute Gasteiger partial charge is 0.464 e. The predicted molar refractivity (Wildman–Crippen MR) is 91.2 cm³/mol. The fourth-order valence-corrected chi connectivity index (χ4v) is 2.73. The van der Waals surface area contributed by atoms with Gasteiger partial charge in [0.25, 0.3) is 0 Å². The Morgan fingerprint density at radius 1 is 1.32 bits per heavy atom. The quantitative estimate of drug-likeness (QED) is 0.761. The van der Waals surface area contributed by atoms with Crippen LogP contribution in [0, 0.1) is 5.82 Å². The lowest BCUT2D eigenvalue weighted by molar-refractivity contribution is 0.0594. The van der Waals surface area contributed by atoms with Gasteiger partial charge in [-0.1, -0.05) is 12.1 Å². The summed E-state index contributed by atoms with van der Waals surface area (Å²) in [6, 6.07) is 5.41. The van der Waals surface area contributed by atoms with Crippen molar-refractivity contribution in [3.63, 3.8) is 0 Å². The lowest BCUT2D eigenvalue weighted by Gasteiger charge is -2.22. The van der Waals surface area contributed by atoms with Crippen molar-refractivity contribution in [2.24, 2.45) is 0 Å². The molecule has 0 saturated heterocycles. The first kappa shape index (κ1) is 18.8. The molecule has 0 atom stereocenters. The van der Waals surface area contributed by atoms with E-state index in [0.717, 1.165) is 0 Å². The van der Waals surface area contributed by atoms with Crippen molar-refractivity contribution < 1.29 is 23.5 Å². The van der Waals surface area contributed by atoms with Crippen LogP contribution in [0.1, 0.15) is 15.5 Å². The summed E-state index contributed by atoms with van der Waals surface area (Å²) in [6.45, 7) is 0.745. The van der Waals surface area contributed by atoms with Crippen molar-refractivity contribution in [2.75, 3.05) is 32.7 Å². The number of halogens is 1. The summed E-state index contributed by atoms with van der Waals surface area (Å²) in [6.07, 6.45) is 0. The van der Waals surface area contributed by atoms with Gasteiger partial charge in [0, 0.05) is 19.0 Å². The van der Waals surface area contributed by atoms with Gasteiger partial charge in [-0.15, -0.1) is 11.3 Å². The second-order valence-corrected chi connectivity index (χ2v) is 5.89. The number of methoxy groups -OCH3 is 2. The number of anilines is 1. The van der Waals surface area contributed by atoms with Crippen molar-refractivity contribution in [2.45, 2.75) is 6.54 Å². The average Bonchev–Trinajstić information content (AvgIpc) is 3.08. The van der Waals surface area contributed by atoms with Crippen molar-refractivity contribution >= 4 is 29.0 Å². The number of nitrogens with one attached hydrogen (secondary N) is 1. The summed E-state index contributed by atoms with van der Waals surface area (Å²) in [5, 5.41) is 4.64. The Morgan fingerprint density at radius 2 is 2.08 bits per heavy atom. The Kier molecular flexibility index (Phi) is 6.84. The number of esters is 1. The number of hydrogen-bond acceptors (Lipinski definition) is 6. The molecule has 0 aliphatic carbocycles. The molecular weight excluding hydrogens is 349 g/mol. The number of urea groups is 1. The first-order valence-corrected chi connectivity index (χ1v) is 8.25. The van der Waals surface area contributed by atoms with Crippen LogP contribution in [-0.4, -0.2) is 49.3 Å². The van der Waals surface area contributed by atoms with Crippen molar-refractivity contribution in [3.05, 3.63) is 46.2 Å². The van der Waals surface area contributed by atoms with Gasteiger partial charge >= 0.3 is 12.0 Å². The molecule has 134 valence electrons. The highest BCUT2D eigenvalue weighted by atomic mass is 32.1. The van der Waals surface area contributed by atoms with Gasteiger partial charge in [-0.3, -0.25) is 0 Å². The number of carbonyl (C=O) groups is 2. The molecule has 1 heterocycles. The maximum absolute atomic E-state index is 13.7. The normalized spacial score (nSPS) is 10.4. The third-order valence-corrected chi connectivity index (χ3v) is 4.07. The van der Waals surface area contributed by atoms with Crippen LogP contribution in [0.3, 0.4) is 0 Å². The van der Waals surface area contributed by atoms with E-state index in [9.17, 15) is 14.0 Å². The van der Waals surface area contributed by atoms with Crippen LogP contribution in [0.5, 0.6) is 0 Å². The van der Waals surface area contributed by atoms with Crippen LogP contribution < -0.4 is 5.32 Å². The molecule has 0 fully saturated rings. The minimum absolute atomic E-state index is 0.0873. The van der Waals surface area contributed by atoms with E-state index in [0.29, 0.717) is 11.6 Å². The molecule has 2 rings (SSSR count). The van der Waals surface area contributed by atoms with Crippen molar-refractivity contribution in [1.29, 1.82) is 0 Å². The second kappa shape index (κ2) is 9.09. The van der Waals surface area contributed by atoms with E-state index in [1.54, 1.807) is 11.4 Å². The molecule has 1 N–H and O–H groups in total. The lowest BCUT2D eigenvalue weighted by atomic mass is 10.3.